The van der Waals surface area contributed by atoms with Gasteiger partial charge in [0.1, 0.15) is 0 Å². The summed E-state index contributed by atoms with van der Waals surface area (Å²) < 4.78 is 5.44. The Morgan fingerprint density at radius 3 is 2.56 bits per heavy atom. The number of hydrogen-bond acceptors (Lipinski definition) is 3. The van der Waals surface area contributed by atoms with E-state index in [4.69, 9.17) is 4.74 Å². The number of amides is 1. The molecule has 2 aromatic rings. The van der Waals surface area contributed by atoms with Crippen molar-refractivity contribution in [3.8, 4) is 0 Å². The molecule has 1 heterocycles. The van der Waals surface area contributed by atoms with Crippen LogP contribution < -0.4 is 5.32 Å². The molecule has 1 atom stereocenters. The van der Waals surface area contributed by atoms with Crippen LogP contribution in [0.3, 0.4) is 0 Å². The van der Waals surface area contributed by atoms with Crippen LogP contribution in [0.1, 0.15) is 28.3 Å². The minimum Gasteiger partial charge on any atom is -0.379 e. The molecule has 0 unspecified atom stereocenters. The van der Waals surface area contributed by atoms with Gasteiger partial charge < -0.3 is 10.1 Å². The lowest BCUT2D eigenvalue weighted by Crippen LogP contribution is -2.42. The molecule has 0 aromatic heterocycles. The van der Waals surface area contributed by atoms with E-state index in [9.17, 15) is 4.79 Å². The number of carbonyl (C=O) groups excluding carboxylic acids is 1. The number of ether oxygens (including phenoxy) is 1. The molecular formula is C23H28N2O2. The van der Waals surface area contributed by atoms with E-state index < -0.39 is 0 Å². The third kappa shape index (κ3) is 6.05. The van der Waals surface area contributed by atoms with E-state index in [0.29, 0.717) is 0 Å². The summed E-state index contributed by atoms with van der Waals surface area (Å²) >= 11 is 0. The van der Waals surface area contributed by atoms with Crippen molar-refractivity contribution in [2.75, 3.05) is 32.8 Å². The fraction of sp³-hybridized carbons (Fsp3) is 0.348. The molecule has 0 radical (unpaired) electrons. The summed E-state index contributed by atoms with van der Waals surface area (Å²) in [5.41, 5.74) is 4.56. The first-order chi connectivity index (χ1) is 13.1. The summed E-state index contributed by atoms with van der Waals surface area (Å²) in [7, 11) is 0. The van der Waals surface area contributed by atoms with Crippen molar-refractivity contribution < 1.29 is 9.53 Å². The topological polar surface area (TPSA) is 41.6 Å². The Morgan fingerprint density at radius 2 is 1.85 bits per heavy atom. The van der Waals surface area contributed by atoms with Gasteiger partial charge in [0.05, 0.1) is 19.3 Å². The molecule has 0 spiro atoms. The van der Waals surface area contributed by atoms with Crippen molar-refractivity contribution in [3.05, 3.63) is 76.9 Å². The zero-order chi connectivity index (χ0) is 19.1. The molecule has 3 rings (SSSR count). The number of benzene rings is 2. The normalized spacial score (nSPS) is 16.4. The molecule has 1 aliphatic rings. The number of carbonyl (C=O) groups is 1. The minimum atomic E-state index is -0.0738. The summed E-state index contributed by atoms with van der Waals surface area (Å²) in [6.45, 7) is 8.21. The molecular weight excluding hydrogens is 336 g/mol. The Kier molecular flexibility index (Phi) is 6.80. The monoisotopic (exact) mass is 364 g/mol. The van der Waals surface area contributed by atoms with Gasteiger partial charge in [-0.05, 0) is 31.1 Å². The Hall–Kier alpha value is -2.43. The van der Waals surface area contributed by atoms with Crippen LogP contribution in [0.15, 0.2) is 54.6 Å². The molecule has 1 aliphatic heterocycles. The molecule has 1 saturated heterocycles. The van der Waals surface area contributed by atoms with Gasteiger partial charge in [0.2, 0.25) is 5.91 Å². The van der Waals surface area contributed by atoms with Crippen molar-refractivity contribution in [1.82, 2.24) is 10.2 Å². The van der Waals surface area contributed by atoms with Crippen LogP contribution in [0.5, 0.6) is 0 Å². The average Bonchev–Trinajstić information content (AvgIpc) is 2.67. The first-order valence-electron chi connectivity index (χ1n) is 9.52. The molecule has 0 saturated carbocycles. The molecule has 142 valence electrons. The summed E-state index contributed by atoms with van der Waals surface area (Å²) in [5, 5.41) is 3.18. The third-order valence-corrected chi connectivity index (χ3v) is 4.81. The van der Waals surface area contributed by atoms with Crippen molar-refractivity contribution in [3.63, 3.8) is 0 Å². The lowest BCUT2D eigenvalue weighted by Gasteiger charge is -2.31. The van der Waals surface area contributed by atoms with E-state index in [2.05, 4.69) is 47.5 Å². The number of aryl methyl sites for hydroxylation is 2. The zero-order valence-electron chi connectivity index (χ0n) is 16.2. The number of morpholine rings is 1. The number of nitrogens with zero attached hydrogens (tertiary/aromatic N) is 1. The maximum absolute atomic E-state index is 12.6. The van der Waals surface area contributed by atoms with E-state index in [1.807, 2.05) is 31.2 Å². The molecule has 1 fully saturated rings. The van der Waals surface area contributed by atoms with Crippen LogP contribution in [0, 0.1) is 13.8 Å². The minimum absolute atomic E-state index is 0.0432. The average molecular weight is 364 g/mol. The van der Waals surface area contributed by atoms with Gasteiger partial charge in [0.25, 0.3) is 0 Å². The van der Waals surface area contributed by atoms with Crippen molar-refractivity contribution in [1.29, 1.82) is 0 Å². The fourth-order valence-corrected chi connectivity index (χ4v) is 3.24. The maximum atomic E-state index is 12.6. The van der Waals surface area contributed by atoms with Gasteiger partial charge >= 0.3 is 0 Å². The van der Waals surface area contributed by atoms with Gasteiger partial charge in [-0.3, -0.25) is 9.69 Å². The lowest BCUT2D eigenvalue weighted by atomic mass is 10.0. The zero-order valence-corrected chi connectivity index (χ0v) is 16.2. The summed E-state index contributed by atoms with van der Waals surface area (Å²) in [5.74, 6) is -0.0738. The molecule has 0 bridgehead atoms. The molecule has 2 aromatic carbocycles. The van der Waals surface area contributed by atoms with Crippen LogP contribution in [-0.2, 0) is 9.53 Å². The maximum Gasteiger partial charge on any atom is 0.244 e. The third-order valence-electron chi connectivity index (χ3n) is 4.81. The van der Waals surface area contributed by atoms with Gasteiger partial charge in [-0.2, -0.15) is 0 Å². The van der Waals surface area contributed by atoms with Crippen LogP contribution in [0.2, 0.25) is 0 Å². The SMILES string of the molecule is Cc1ccc([C@@H](CN2CCOCC2)NC(=O)/C=C/c2cccc(C)c2)cc1. The Labute approximate surface area is 161 Å². The quantitative estimate of drug-likeness (QED) is 0.798. The highest BCUT2D eigenvalue weighted by atomic mass is 16.5. The second kappa shape index (κ2) is 9.49. The van der Waals surface area contributed by atoms with E-state index in [1.54, 1.807) is 6.08 Å². The second-order valence-corrected chi connectivity index (χ2v) is 7.13. The van der Waals surface area contributed by atoms with E-state index in [1.165, 1.54) is 11.1 Å². The summed E-state index contributed by atoms with van der Waals surface area (Å²) in [4.78, 5) is 14.9. The standard InChI is InChI=1S/C23H28N2O2/c1-18-6-9-21(10-7-18)22(17-25-12-14-27-15-13-25)24-23(26)11-8-20-5-3-4-19(2)16-20/h3-11,16,22H,12-15,17H2,1-2H3,(H,24,26)/b11-8+/t22-/m1/s1. The number of hydrogen-bond donors (Lipinski definition) is 1. The van der Waals surface area contributed by atoms with Crippen LogP contribution in [0.4, 0.5) is 0 Å². The number of nitrogens with one attached hydrogen (secondary N) is 1. The number of rotatable bonds is 6. The summed E-state index contributed by atoms with van der Waals surface area (Å²) in [6.07, 6.45) is 3.48. The molecule has 27 heavy (non-hydrogen) atoms. The Balaban J connectivity index is 1.69. The van der Waals surface area contributed by atoms with Crippen LogP contribution in [0.25, 0.3) is 6.08 Å². The van der Waals surface area contributed by atoms with Gasteiger partial charge in [-0.1, -0.05) is 59.7 Å². The Bertz CT molecular complexity index is 777. The van der Waals surface area contributed by atoms with E-state index >= 15 is 0 Å². The predicted octanol–water partition coefficient (Wildman–Crippen LogP) is 3.51. The first kappa shape index (κ1) is 19.3. The highest BCUT2D eigenvalue weighted by Gasteiger charge is 2.19. The molecule has 1 amide bonds. The first-order valence-corrected chi connectivity index (χ1v) is 9.52. The van der Waals surface area contributed by atoms with Crippen LogP contribution >= 0.6 is 0 Å². The van der Waals surface area contributed by atoms with Crippen molar-refractivity contribution in [2.45, 2.75) is 19.9 Å². The van der Waals surface area contributed by atoms with E-state index in [0.717, 1.165) is 44.0 Å². The van der Waals surface area contributed by atoms with Gasteiger partial charge in [0, 0.05) is 25.7 Å². The fourth-order valence-electron chi connectivity index (χ4n) is 3.24. The molecule has 0 aliphatic carbocycles. The van der Waals surface area contributed by atoms with Crippen molar-refractivity contribution in [2.24, 2.45) is 0 Å². The van der Waals surface area contributed by atoms with Gasteiger partial charge in [-0.15, -0.1) is 0 Å². The molecule has 1 N–H and O–H groups in total. The van der Waals surface area contributed by atoms with Crippen LogP contribution in [-0.4, -0.2) is 43.7 Å². The molecule has 4 nitrogen and oxygen atoms in total. The van der Waals surface area contributed by atoms with Gasteiger partial charge in [-0.25, -0.2) is 0 Å². The highest BCUT2D eigenvalue weighted by Crippen LogP contribution is 2.17. The largest absolute Gasteiger partial charge is 0.379 e. The second-order valence-electron chi connectivity index (χ2n) is 7.13. The van der Waals surface area contributed by atoms with Crippen molar-refractivity contribution >= 4 is 12.0 Å². The predicted molar refractivity (Wildman–Crippen MR) is 110 cm³/mol. The Morgan fingerprint density at radius 1 is 1.11 bits per heavy atom. The van der Waals surface area contributed by atoms with Gasteiger partial charge in [0.15, 0.2) is 0 Å². The smallest absolute Gasteiger partial charge is 0.244 e. The molecule has 4 heteroatoms. The highest BCUT2D eigenvalue weighted by molar-refractivity contribution is 5.92. The van der Waals surface area contributed by atoms with E-state index in [-0.39, 0.29) is 11.9 Å². The summed E-state index contributed by atoms with van der Waals surface area (Å²) in [6, 6.07) is 16.5. The lowest BCUT2D eigenvalue weighted by molar-refractivity contribution is -0.117.